The Morgan fingerprint density at radius 1 is 1.09 bits per heavy atom. The Morgan fingerprint density at radius 3 is 2.61 bits per heavy atom. The van der Waals surface area contributed by atoms with E-state index >= 15 is 0 Å². The summed E-state index contributed by atoms with van der Waals surface area (Å²) in [5.41, 5.74) is 2.94. The normalized spacial score (nSPS) is 10.3. The van der Waals surface area contributed by atoms with Gasteiger partial charge in [0.1, 0.15) is 5.75 Å². The Hall–Kier alpha value is -3.08. The van der Waals surface area contributed by atoms with Gasteiger partial charge in [0.05, 0.1) is 12.8 Å². The number of carbonyl (C=O) groups is 1. The lowest BCUT2D eigenvalue weighted by molar-refractivity contribution is 0.102. The van der Waals surface area contributed by atoms with Crippen LogP contribution in [0, 0.1) is 0 Å². The lowest BCUT2D eigenvalue weighted by Crippen LogP contribution is -2.13. The summed E-state index contributed by atoms with van der Waals surface area (Å²) in [4.78, 5) is 12.4. The van der Waals surface area contributed by atoms with Crippen LogP contribution in [-0.4, -0.2) is 22.8 Å². The van der Waals surface area contributed by atoms with Crippen LogP contribution in [-0.2, 0) is 7.05 Å². The van der Waals surface area contributed by atoms with Crippen LogP contribution in [0.15, 0.2) is 60.7 Å². The van der Waals surface area contributed by atoms with Gasteiger partial charge in [-0.05, 0) is 23.8 Å². The molecule has 1 aromatic heterocycles. The number of rotatable bonds is 4. The highest BCUT2D eigenvalue weighted by Gasteiger charge is 2.14. The molecule has 0 saturated heterocycles. The maximum Gasteiger partial charge on any atom is 0.276 e. The Kier molecular flexibility index (Phi) is 4.10. The minimum Gasteiger partial charge on any atom is -0.497 e. The molecule has 0 unspecified atom stereocenters. The van der Waals surface area contributed by atoms with Gasteiger partial charge >= 0.3 is 0 Å². The average Bonchev–Trinajstić information content (AvgIpc) is 2.98. The molecular weight excluding hydrogens is 290 g/mol. The van der Waals surface area contributed by atoms with E-state index in [0.29, 0.717) is 17.1 Å². The molecule has 23 heavy (non-hydrogen) atoms. The number of hydrogen-bond donors (Lipinski definition) is 1. The van der Waals surface area contributed by atoms with Gasteiger partial charge in [-0.3, -0.25) is 9.48 Å². The van der Waals surface area contributed by atoms with Gasteiger partial charge in [0.25, 0.3) is 5.91 Å². The predicted molar refractivity (Wildman–Crippen MR) is 89.6 cm³/mol. The van der Waals surface area contributed by atoms with Gasteiger partial charge in [0, 0.05) is 18.8 Å². The largest absolute Gasteiger partial charge is 0.497 e. The van der Waals surface area contributed by atoms with Crippen LogP contribution in [0.5, 0.6) is 5.75 Å². The molecule has 0 fully saturated rings. The molecule has 0 atom stereocenters. The highest BCUT2D eigenvalue weighted by molar-refractivity contribution is 6.03. The molecule has 1 heterocycles. The highest BCUT2D eigenvalue weighted by Crippen LogP contribution is 2.21. The zero-order valence-electron chi connectivity index (χ0n) is 13.0. The fraction of sp³-hybridized carbons (Fsp3) is 0.111. The van der Waals surface area contributed by atoms with Crippen LogP contribution in [0.25, 0.3) is 11.3 Å². The second-order valence-electron chi connectivity index (χ2n) is 5.09. The summed E-state index contributed by atoms with van der Waals surface area (Å²) in [6.45, 7) is 0. The quantitative estimate of drug-likeness (QED) is 0.804. The van der Waals surface area contributed by atoms with Gasteiger partial charge in [-0.1, -0.05) is 36.4 Å². The molecule has 3 rings (SSSR count). The van der Waals surface area contributed by atoms with Crippen molar-refractivity contribution in [2.75, 3.05) is 12.4 Å². The number of anilines is 1. The van der Waals surface area contributed by atoms with Crippen LogP contribution in [0.2, 0.25) is 0 Å². The lowest BCUT2D eigenvalue weighted by atomic mass is 10.1. The second kappa shape index (κ2) is 6.36. The van der Waals surface area contributed by atoms with Gasteiger partial charge in [-0.15, -0.1) is 0 Å². The molecule has 3 aromatic rings. The zero-order valence-corrected chi connectivity index (χ0v) is 13.0. The minimum absolute atomic E-state index is 0.254. The number of benzene rings is 2. The fourth-order valence-corrected chi connectivity index (χ4v) is 2.35. The van der Waals surface area contributed by atoms with E-state index in [1.165, 1.54) is 0 Å². The maximum atomic E-state index is 12.4. The summed E-state index contributed by atoms with van der Waals surface area (Å²) in [7, 11) is 3.41. The van der Waals surface area contributed by atoms with Crippen molar-refractivity contribution < 1.29 is 9.53 Å². The molecule has 0 spiro atoms. The number of aromatic nitrogens is 2. The van der Waals surface area contributed by atoms with Crippen molar-refractivity contribution in [3.63, 3.8) is 0 Å². The number of methoxy groups -OCH3 is 1. The standard InChI is InChI=1S/C18H17N3O2/c1-21-17(13-7-4-3-5-8-13)12-16(20-21)18(22)19-14-9-6-10-15(11-14)23-2/h3-12H,1-2H3,(H,19,22). The third-order valence-corrected chi connectivity index (χ3v) is 3.51. The molecule has 116 valence electrons. The van der Waals surface area contributed by atoms with Crippen molar-refractivity contribution in [3.8, 4) is 17.0 Å². The molecule has 0 aliphatic heterocycles. The summed E-state index contributed by atoms with van der Waals surface area (Å²) in [5.74, 6) is 0.435. The van der Waals surface area contributed by atoms with E-state index in [-0.39, 0.29) is 5.91 Å². The third-order valence-electron chi connectivity index (χ3n) is 3.51. The summed E-state index contributed by atoms with van der Waals surface area (Å²) >= 11 is 0. The van der Waals surface area contributed by atoms with E-state index in [1.54, 1.807) is 23.9 Å². The molecule has 0 bridgehead atoms. The first-order valence-corrected chi connectivity index (χ1v) is 7.22. The van der Waals surface area contributed by atoms with Gasteiger partial charge in [0.2, 0.25) is 0 Å². The number of hydrogen-bond acceptors (Lipinski definition) is 3. The summed E-state index contributed by atoms with van der Waals surface area (Å²) in [6, 6.07) is 18.8. The van der Waals surface area contributed by atoms with Gasteiger partial charge < -0.3 is 10.1 Å². The first-order valence-electron chi connectivity index (χ1n) is 7.22. The van der Waals surface area contributed by atoms with Crippen molar-refractivity contribution in [1.29, 1.82) is 0 Å². The molecule has 1 amide bonds. The molecular formula is C18H17N3O2. The fourth-order valence-electron chi connectivity index (χ4n) is 2.35. The van der Waals surface area contributed by atoms with Crippen molar-refractivity contribution in [3.05, 3.63) is 66.4 Å². The van der Waals surface area contributed by atoms with Crippen LogP contribution < -0.4 is 10.1 Å². The van der Waals surface area contributed by atoms with Crippen molar-refractivity contribution >= 4 is 11.6 Å². The average molecular weight is 307 g/mol. The lowest BCUT2D eigenvalue weighted by Gasteiger charge is -2.05. The number of nitrogens with one attached hydrogen (secondary N) is 1. The Bertz CT molecular complexity index is 825. The molecule has 0 radical (unpaired) electrons. The minimum atomic E-state index is -0.254. The first kappa shape index (κ1) is 14.8. The second-order valence-corrected chi connectivity index (χ2v) is 5.09. The Morgan fingerprint density at radius 2 is 1.87 bits per heavy atom. The van der Waals surface area contributed by atoms with E-state index in [1.807, 2.05) is 55.6 Å². The zero-order chi connectivity index (χ0) is 16.2. The summed E-state index contributed by atoms with van der Waals surface area (Å²) in [5, 5.41) is 7.13. The van der Waals surface area contributed by atoms with Crippen molar-refractivity contribution in [1.82, 2.24) is 9.78 Å². The summed E-state index contributed by atoms with van der Waals surface area (Å²) in [6.07, 6.45) is 0. The third kappa shape index (κ3) is 3.23. The van der Waals surface area contributed by atoms with Crippen molar-refractivity contribution in [2.24, 2.45) is 7.05 Å². The molecule has 0 aliphatic carbocycles. The number of carbonyl (C=O) groups excluding carboxylic acids is 1. The van der Waals surface area contributed by atoms with Crippen LogP contribution in [0.1, 0.15) is 10.5 Å². The smallest absolute Gasteiger partial charge is 0.276 e. The molecule has 0 saturated carbocycles. The predicted octanol–water partition coefficient (Wildman–Crippen LogP) is 3.35. The van der Waals surface area contributed by atoms with E-state index in [0.717, 1.165) is 11.3 Å². The number of amides is 1. The highest BCUT2D eigenvalue weighted by atomic mass is 16.5. The SMILES string of the molecule is COc1cccc(NC(=O)c2cc(-c3ccccc3)n(C)n2)c1. The molecule has 2 aromatic carbocycles. The van der Waals surface area contributed by atoms with Crippen molar-refractivity contribution in [2.45, 2.75) is 0 Å². The molecule has 0 aliphatic rings. The maximum absolute atomic E-state index is 12.4. The van der Waals surface area contributed by atoms with Crippen LogP contribution in [0.4, 0.5) is 5.69 Å². The number of aryl methyl sites for hydroxylation is 1. The molecule has 5 heteroatoms. The van der Waals surface area contributed by atoms with E-state index in [2.05, 4.69) is 10.4 Å². The molecule has 1 N–H and O–H groups in total. The first-order chi connectivity index (χ1) is 11.2. The van der Waals surface area contributed by atoms with Crippen LogP contribution >= 0.6 is 0 Å². The monoisotopic (exact) mass is 307 g/mol. The van der Waals surface area contributed by atoms with E-state index in [9.17, 15) is 4.79 Å². The van der Waals surface area contributed by atoms with Crippen LogP contribution in [0.3, 0.4) is 0 Å². The van der Waals surface area contributed by atoms with E-state index < -0.39 is 0 Å². The van der Waals surface area contributed by atoms with Gasteiger partial charge in [-0.2, -0.15) is 5.10 Å². The Balaban J connectivity index is 1.83. The topological polar surface area (TPSA) is 56.1 Å². The van der Waals surface area contributed by atoms with Gasteiger partial charge in [-0.25, -0.2) is 0 Å². The van der Waals surface area contributed by atoms with E-state index in [4.69, 9.17) is 4.74 Å². The number of ether oxygens (including phenoxy) is 1. The number of nitrogens with zero attached hydrogens (tertiary/aromatic N) is 2. The summed E-state index contributed by atoms with van der Waals surface area (Å²) < 4.78 is 6.86. The Labute approximate surface area is 134 Å². The van der Waals surface area contributed by atoms with Gasteiger partial charge in [0.15, 0.2) is 5.69 Å². The molecule has 5 nitrogen and oxygen atoms in total.